The molecule has 2 nitrogen and oxygen atoms in total. The van der Waals surface area contributed by atoms with E-state index in [9.17, 15) is 4.79 Å². The average Bonchev–Trinajstić information content (AvgIpc) is 2.19. The first-order valence-corrected chi connectivity index (χ1v) is 6.36. The van der Waals surface area contributed by atoms with E-state index in [0.29, 0.717) is 5.92 Å². The first-order chi connectivity index (χ1) is 6.24. The van der Waals surface area contributed by atoms with E-state index in [1.54, 1.807) is 11.8 Å². The van der Waals surface area contributed by atoms with Crippen LogP contribution in [0.2, 0.25) is 0 Å². The molecule has 1 amide bonds. The number of hydrogen-bond donors (Lipinski definition) is 1. The summed E-state index contributed by atoms with van der Waals surface area (Å²) in [5, 5.41) is 3.28. The van der Waals surface area contributed by atoms with Gasteiger partial charge in [0.05, 0.1) is 5.37 Å². The molecule has 0 saturated heterocycles. The summed E-state index contributed by atoms with van der Waals surface area (Å²) in [5.41, 5.74) is 0. The Morgan fingerprint density at radius 2 is 2.00 bits per heavy atom. The van der Waals surface area contributed by atoms with Gasteiger partial charge in [0.2, 0.25) is 5.91 Å². The molecule has 1 unspecified atom stereocenters. The van der Waals surface area contributed by atoms with Crippen molar-refractivity contribution in [1.29, 1.82) is 0 Å². The van der Waals surface area contributed by atoms with Crippen LogP contribution < -0.4 is 5.32 Å². The highest BCUT2D eigenvalue weighted by Crippen LogP contribution is 2.23. The van der Waals surface area contributed by atoms with Crippen molar-refractivity contribution in [3.05, 3.63) is 0 Å². The Morgan fingerprint density at radius 3 is 2.54 bits per heavy atom. The van der Waals surface area contributed by atoms with E-state index in [4.69, 9.17) is 0 Å². The maximum atomic E-state index is 11.6. The topological polar surface area (TPSA) is 29.1 Å². The number of hydrogen-bond acceptors (Lipinski definition) is 2. The number of carbonyl (C=O) groups excluding carboxylic acids is 1. The zero-order chi connectivity index (χ0) is 9.68. The van der Waals surface area contributed by atoms with E-state index in [2.05, 4.69) is 5.32 Å². The maximum absolute atomic E-state index is 11.6. The quantitative estimate of drug-likeness (QED) is 0.710. The second kappa shape index (κ2) is 5.53. The number of amides is 1. The molecule has 1 rings (SSSR count). The van der Waals surface area contributed by atoms with Gasteiger partial charge in [-0.1, -0.05) is 19.3 Å². The normalized spacial score (nSPS) is 21.1. The van der Waals surface area contributed by atoms with Crippen LogP contribution in [0, 0.1) is 5.92 Å². The van der Waals surface area contributed by atoms with E-state index in [-0.39, 0.29) is 11.3 Å². The molecule has 0 radical (unpaired) electrons. The van der Waals surface area contributed by atoms with Crippen molar-refractivity contribution in [2.24, 2.45) is 5.92 Å². The molecule has 1 aliphatic carbocycles. The van der Waals surface area contributed by atoms with Gasteiger partial charge < -0.3 is 5.32 Å². The van der Waals surface area contributed by atoms with Gasteiger partial charge in [-0.15, -0.1) is 11.8 Å². The van der Waals surface area contributed by atoms with Crippen LogP contribution in [-0.4, -0.2) is 17.5 Å². The molecular weight excluding hydrogens is 182 g/mol. The molecule has 0 aromatic rings. The molecule has 0 bridgehead atoms. The van der Waals surface area contributed by atoms with E-state index < -0.39 is 0 Å². The first kappa shape index (κ1) is 10.9. The Bertz CT molecular complexity index is 166. The standard InChI is InChI=1S/C10H19NOS/c1-8(13-2)11-10(12)9-6-4-3-5-7-9/h8-9H,3-7H2,1-2H3,(H,11,12). The maximum Gasteiger partial charge on any atom is 0.223 e. The molecule has 3 heteroatoms. The fourth-order valence-electron chi connectivity index (χ4n) is 1.74. The van der Waals surface area contributed by atoms with Crippen molar-refractivity contribution in [2.45, 2.75) is 44.4 Å². The van der Waals surface area contributed by atoms with Crippen molar-refractivity contribution >= 4 is 17.7 Å². The Morgan fingerprint density at radius 1 is 1.38 bits per heavy atom. The summed E-state index contributed by atoms with van der Waals surface area (Å²) in [5.74, 6) is 0.560. The van der Waals surface area contributed by atoms with Crippen molar-refractivity contribution in [2.75, 3.05) is 6.26 Å². The van der Waals surface area contributed by atoms with Crippen LogP contribution in [0.1, 0.15) is 39.0 Å². The average molecular weight is 201 g/mol. The van der Waals surface area contributed by atoms with Crippen LogP contribution in [0.25, 0.3) is 0 Å². The third-order valence-electron chi connectivity index (χ3n) is 2.68. The number of nitrogens with one attached hydrogen (secondary N) is 1. The molecule has 1 N–H and O–H groups in total. The van der Waals surface area contributed by atoms with Gasteiger partial charge >= 0.3 is 0 Å². The van der Waals surface area contributed by atoms with E-state index in [1.807, 2.05) is 13.2 Å². The second-order valence-electron chi connectivity index (χ2n) is 3.72. The Labute approximate surface area is 84.9 Å². The number of carbonyl (C=O) groups is 1. The summed E-state index contributed by atoms with van der Waals surface area (Å²) in [6.45, 7) is 2.03. The predicted octanol–water partition coefficient (Wildman–Crippen LogP) is 2.39. The fraction of sp³-hybridized carbons (Fsp3) is 0.900. The Kier molecular flexibility index (Phi) is 4.64. The number of thioether (sulfide) groups is 1. The van der Waals surface area contributed by atoms with Crippen molar-refractivity contribution < 1.29 is 4.79 Å². The zero-order valence-corrected chi connectivity index (χ0v) is 9.32. The van der Waals surface area contributed by atoms with E-state index >= 15 is 0 Å². The fourth-order valence-corrected chi connectivity index (χ4v) is 1.98. The van der Waals surface area contributed by atoms with Crippen LogP contribution in [-0.2, 0) is 4.79 Å². The molecule has 0 aliphatic heterocycles. The zero-order valence-electron chi connectivity index (χ0n) is 8.51. The van der Waals surface area contributed by atoms with Gasteiger partial charge in [0.25, 0.3) is 0 Å². The molecule has 0 heterocycles. The molecular formula is C10H19NOS. The molecule has 1 fully saturated rings. The summed E-state index contributed by atoms with van der Waals surface area (Å²) in [7, 11) is 0. The van der Waals surface area contributed by atoms with Gasteiger partial charge in [0, 0.05) is 5.92 Å². The van der Waals surface area contributed by atoms with E-state index in [1.165, 1.54) is 19.3 Å². The lowest BCUT2D eigenvalue weighted by atomic mass is 9.89. The number of rotatable bonds is 3. The van der Waals surface area contributed by atoms with Crippen LogP contribution in [0.15, 0.2) is 0 Å². The predicted molar refractivity (Wildman–Crippen MR) is 57.7 cm³/mol. The third-order valence-corrected chi connectivity index (χ3v) is 3.50. The van der Waals surface area contributed by atoms with Gasteiger partial charge in [-0.05, 0) is 26.0 Å². The van der Waals surface area contributed by atoms with Crippen molar-refractivity contribution in [3.8, 4) is 0 Å². The molecule has 76 valence electrons. The molecule has 0 aromatic carbocycles. The Hall–Kier alpha value is -0.180. The van der Waals surface area contributed by atoms with Gasteiger partial charge in [-0.3, -0.25) is 4.79 Å². The van der Waals surface area contributed by atoms with Gasteiger partial charge in [-0.2, -0.15) is 0 Å². The summed E-state index contributed by atoms with van der Waals surface area (Å²) in [6, 6.07) is 0. The Balaban J connectivity index is 2.29. The summed E-state index contributed by atoms with van der Waals surface area (Å²) in [6.07, 6.45) is 7.96. The van der Waals surface area contributed by atoms with Crippen molar-refractivity contribution in [3.63, 3.8) is 0 Å². The molecule has 1 aliphatic rings. The lowest BCUT2D eigenvalue weighted by molar-refractivity contribution is -0.126. The van der Waals surface area contributed by atoms with Gasteiger partial charge in [0.15, 0.2) is 0 Å². The van der Waals surface area contributed by atoms with Crippen LogP contribution in [0.3, 0.4) is 0 Å². The minimum absolute atomic E-state index is 0.259. The summed E-state index contributed by atoms with van der Waals surface area (Å²) >= 11 is 1.69. The molecule has 0 spiro atoms. The second-order valence-corrected chi connectivity index (χ2v) is 4.90. The molecule has 0 aromatic heterocycles. The van der Waals surface area contributed by atoms with Crippen molar-refractivity contribution in [1.82, 2.24) is 5.32 Å². The van der Waals surface area contributed by atoms with Gasteiger partial charge in [-0.25, -0.2) is 0 Å². The smallest absolute Gasteiger partial charge is 0.223 e. The summed E-state index contributed by atoms with van der Waals surface area (Å²) < 4.78 is 0. The molecule has 1 saturated carbocycles. The minimum Gasteiger partial charge on any atom is -0.344 e. The van der Waals surface area contributed by atoms with Crippen LogP contribution >= 0.6 is 11.8 Å². The highest BCUT2D eigenvalue weighted by molar-refractivity contribution is 7.99. The first-order valence-electron chi connectivity index (χ1n) is 5.07. The lowest BCUT2D eigenvalue weighted by Crippen LogP contribution is -2.36. The van der Waals surface area contributed by atoms with E-state index in [0.717, 1.165) is 12.8 Å². The largest absolute Gasteiger partial charge is 0.344 e. The monoisotopic (exact) mass is 201 g/mol. The highest BCUT2D eigenvalue weighted by atomic mass is 32.2. The highest BCUT2D eigenvalue weighted by Gasteiger charge is 2.21. The van der Waals surface area contributed by atoms with Crippen LogP contribution in [0.4, 0.5) is 0 Å². The van der Waals surface area contributed by atoms with Crippen LogP contribution in [0.5, 0.6) is 0 Å². The lowest BCUT2D eigenvalue weighted by Gasteiger charge is -2.22. The SMILES string of the molecule is CSC(C)NC(=O)C1CCCCC1. The molecule has 1 atom stereocenters. The third kappa shape index (κ3) is 3.59. The molecule has 13 heavy (non-hydrogen) atoms. The van der Waals surface area contributed by atoms with Gasteiger partial charge in [0.1, 0.15) is 0 Å². The minimum atomic E-state index is 0.259. The summed E-state index contributed by atoms with van der Waals surface area (Å²) in [4.78, 5) is 11.6.